The molecule has 5 saturated carbocycles. The van der Waals surface area contributed by atoms with E-state index in [1.54, 1.807) is 0 Å². The Bertz CT molecular complexity index is 475. The molecule has 0 radical (unpaired) electrons. The van der Waals surface area contributed by atoms with Crippen molar-refractivity contribution in [3.8, 4) is 0 Å². The number of amides is 1. The van der Waals surface area contributed by atoms with Crippen LogP contribution in [0.25, 0.3) is 0 Å². The van der Waals surface area contributed by atoms with E-state index in [1.807, 2.05) is 0 Å². The lowest BCUT2D eigenvalue weighted by Crippen LogP contribution is -2.49. The van der Waals surface area contributed by atoms with Crippen LogP contribution in [0.2, 0.25) is 0 Å². The highest BCUT2D eigenvalue weighted by molar-refractivity contribution is 5.81. The van der Waals surface area contributed by atoms with Gasteiger partial charge in [0.1, 0.15) is 0 Å². The van der Waals surface area contributed by atoms with Crippen molar-refractivity contribution in [1.82, 2.24) is 5.32 Å². The Balaban J connectivity index is 1.27. The normalized spacial score (nSPS) is 43.5. The van der Waals surface area contributed by atoms with Crippen LogP contribution in [0.4, 0.5) is 0 Å². The van der Waals surface area contributed by atoms with Crippen LogP contribution in [0.3, 0.4) is 0 Å². The fourth-order valence-electron chi connectivity index (χ4n) is 6.32. The van der Waals surface area contributed by atoms with Crippen LogP contribution in [0, 0.1) is 35.5 Å². The van der Waals surface area contributed by atoms with E-state index in [1.165, 1.54) is 51.4 Å². The predicted molar refractivity (Wildman–Crippen MR) is 91.1 cm³/mol. The minimum absolute atomic E-state index is 0.0687. The van der Waals surface area contributed by atoms with Crippen molar-refractivity contribution in [3.05, 3.63) is 0 Å². The monoisotopic (exact) mass is 333 g/mol. The molecule has 0 aromatic heterocycles. The summed E-state index contributed by atoms with van der Waals surface area (Å²) in [5, 5.41) is 3.08. The number of nitrogens with one attached hydrogen (secondary N) is 1. The molecule has 5 fully saturated rings. The van der Waals surface area contributed by atoms with Gasteiger partial charge in [-0.2, -0.15) is 0 Å². The van der Waals surface area contributed by atoms with Crippen LogP contribution < -0.4 is 5.32 Å². The average Bonchev–Trinajstić information content (AvgIpc) is 2.54. The molecule has 1 amide bonds. The molecule has 0 saturated heterocycles. The zero-order valence-corrected chi connectivity index (χ0v) is 14.8. The summed E-state index contributed by atoms with van der Waals surface area (Å²) in [5.41, 5.74) is 0. The smallest absolute Gasteiger partial charge is 0.310 e. The van der Waals surface area contributed by atoms with E-state index in [9.17, 15) is 9.59 Å². The van der Waals surface area contributed by atoms with Crippen molar-refractivity contribution in [2.24, 2.45) is 35.5 Å². The summed E-state index contributed by atoms with van der Waals surface area (Å²) in [6.07, 6.45) is 10.9. The first-order chi connectivity index (χ1) is 11.6. The van der Waals surface area contributed by atoms with Crippen molar-refractivity contribution in [2.75, 3.05) is 6.61 Å². The minimum Gasteiger partial charge on any atom is -0.455 e. The second-order valence-electron chi connectivity index (χ2n) is 9.00. The van der Waals surface area contributed by atoms with Gasteiger partial charge >= 0.3 is 5.97 Å². The molecule has 4 bridgehead atoms. The van der Waals surface area contributed by atoms with Crippen LogP contribution in [0.15, 0.2) is 0 Å². The molecule has 1 N–H and O–H groups in total. The quantitative estimate of drug-likeness (QED) is 0.803. The first-order valence-electron chi connectivity index (χ1n) is 10.1. The van der Waals surface area contributed by atoms with Gasteiger partial charge in [0.25, 0.3) is 5.91 Å². The second-order valence-corrected chi connectivity index (χ2v) is 9.00. The summed E-state index contributed by atoms with van der Waals surface area (Å²) in [4.78, 5) is 24.8. The van der Waals surface area contributed by atoms with Gasteiger partial charge < -0.3 is 10.1 Å². The number of hydrogen-bond acceptors (Lipinski definition) is 3. The summed E-state index contributed by atoms with van der Waals surface area (Å²) in [6, 6.07) is 0.256. The molecule has 134 valence electrons. The highest BCUT2D eigenvalue weighted by atomic mass is 16.5. The van der Waals surface area contributed by atoms with Gasteiger partial charge in [0.15, 0.2) is 6.61 Å². The number of hydrogen-bond donors (Lipinski definition) is 1. The minimum atomic E-state index is -0.120. The maximum Gasteiger partial charge on any atom is 0.310 e. The van der Waals surface area contributed by atoms with Crippen LogP contribution >= 0.6 is 0 Å². The Hall–Kier alpha value is -1.06. The molecule has 2 atom stereocenters. The van der Waals surface area contributed by atoms with Gasteiger partial charge in [0, 0.05) is 6.04 Å². The predicted octanol–water partition coefficient (Wildman–Crippen LogP) is 3.30. The van der Waals surface area contributed by atoms with E-state index < -0.39 is 0 Å². The van der Waals surface area contributed by atoms with Crippen LogP contribution in [0.5, 0.6) is 0 Å². The zero-order valence-electron chi connectivity index (χ0n) is 14.8. The van der Waals surface area contributed by atoms with Crippen molar-refractivity contribution in [1.29, 1.82) is 0 Å². The van der Waals surface area contributed by atoms with Crippen molar-refractivity contribution in [2.45, 2.75) is 70.8 Å². The SMILES string of the molecule is C[C@@H]1CCCC[C@@H]1NC(=O)COC(=O)C1C2CC3CC(C2)CC1C3. The molecule has 5 aliphatic rings. The summed E-state index contributed by atoms with van der Waals surface area (Å²) in [7, 11) is 0. The molecule has 0 unspecified atom stereocenters. The number of carbonyl (C=O) groups is 2. The molecule has 5 aliphatic carbocycles. The largest absolute Gasteiger partial charge is 0.455 e. The number of ether oxygens (including phenoxy) is 1. The fraction of sp³-hybridized carbons (Fsp3) is 0.900. The third-order valence-corrected chi connectivity index (χ3v) is 7.30. The molecule has 0 aliphatic heterocycles. The first-order valence-corrected chi connectivity index (χ1v) is 10.1. The lowest BCUT2D eigenvalue weighted by molar-refractivity contribution is -0.165. The van der Waals surface area contributed by atoms with Gasteiger partial charge in [-0.25, -0.2) is 0 Å². The lowest BCUT2D eigenvalue weighted by atomic mass is 9.52. The van der Waals surface area contributed by atoms with Crippen LogP contribution in [0.1, 0.15) is 64.7 Å². The van der Waals surface area contributed by atoms with Crippen molar-refractivity contribution < 1.29 is 14.3 Å². The molecule has 0 heterocycles. The standard InChI is InChI=1S/C20H31NO3/c1-12-4-2-3-5-17(12)21-18(22)11-24-20(23)19-15-7-13-6-14(9-15)10-16(19)8-13/h12-17,19H,2-11H2,1H3,(H,21,22)/t12-,13?,14?,15?,16?,17+,19?/m1/s1. The summed E-state index contributed by atoms with van der Waals surface area (Å²) >= 11 is 0. The molecule has 5 rings (SSSR count). The molecular weight excluding hydrogens is 302 g/mol. The summed E-state index contributed by atoms with van der Waals surface area (Å²) < 4.78 is 5.46. The fourth-order valence-corrected chi connectivity index (χ4v) is 6.32. The molecule has 24 heavy (non-hydrogen) atoms. The first kappa shape index (κ1) is 16.4. The van der Waals surface area contributed by atoms with Gasteiger partial charge in [-0.05, 0) is 74.5 Å². The topological polar surface area (TPSA) is 55.4 Å². The lowest BCUT2D eigenvalue weighted by Gasteiger charge is -2.53. The Labute approximate surface area is 145 Å². The van der Waals surface area contributed by atoms with E-state index in [-0.39, 0.29) is 30.4 Å². The van der Waals surface area contributed by atoms with Crippen molar-refractivity contribution in [3.63, 3.8) is 0 Å². The van der Waals surface area contributed by atoms with E-state index in [0.29, 0.717) is 17.8 Å². The van der Waals surface area contributed by atoms with Gasteiger partial charge in [0.2, 0.25) is 0 Å². The highest BCUT2D eigenvalue weighted by Gasteiger charge is 2.51. The third kappa shape index (κ3) is 3.21. The van der Waals surface area contributed by atoms with Crippen LogP contribution in [-0.2, 0) is 14.3 Å². The third-order valence-electron chi connectivity index (χ3n) is 7.30. The summed E-state index contributed by atoms with van der Waals surface area (Å²) in [5.74, 6) is 3.13. The van der Waals surface area contributed by atoms with E-state index in [0.717, 1.165) is 18.3 Å². The Morgan fingerprint density at radius 1 is 0.958 bits per heavy atom. The molecule has 4 heteroatoms. The average molecular weight is 333 g/mol. The number of carbonyl (C=O) groups excluding carboxylic acids is 2. The van der Waals surface area contributed by atoms with E-state index in [4.69, 9.17) is 4.74 Å². The van der Waals surface area contributed by atoms with Gasteiger partial charge in [-0.1, -0.05) is 19.8 Å². The molecule has 0 spiro atoms. The highest BCUT2D eigenvalue weighted by Crippen LogP contribution is 2.56. The molecule has 0 aromatic rings. The van der Waals surface area contributed by atoms with Gasteiger partial charge in [0.05, 0.1) is 5.92 Å². The van der Waals surface area contributed by atoms with E-state index >= 15 is 0 Å². The molecular formula is C20H31NO3. The number of rotatable bonds is 4. The Kier molecular flexibility index (Phi) is 4.57. The van der Waals surface area contributed by atoms with Crippen LogP contribution in [-0.4, -0.2) is 24.5 Å². The maximum absolute atomic E-state index is 12.6. The van der Waals surface area contributed by atoms with Gasteiger partial charge in [-0.3, -0.25) is 9.59 Å². The molecule has 4 nitrogen and oxygen atoms in total. The Morgan fingerprint density at radius 2 is 1.58 bits per heavy atom. The molecule has 0 aromatic carbocycles. The zero-order chi connectivity index (χ0) is 16.7. The maximum atomic E-state index is 12.6. The van der Waals surface area contributed by atoms with E-state index in [2.05, 4.69) is 12.2 Å². The number of esters is 1. The Morgan fingerprint density at radius 3 is 2.21 bits per heavy atom. The summed E-state index contributed by atoms with van der Waals surface area (Å²) in [6.45, 7) is 2.11. The van der Waals surface area contributed by atoms with Gasteiger partial charge in [-0.15, -0.1) is 0 Å². The second kappa shape index (κ2) is 6.68. The van der Waals surface area contributed by atoms with Crippen molar-refractivity contribution >= 4 is 11.9 Å².